The number of aliphatic imine (C=N–C) groups is 1. The van der Waals surface area contributed by atoms with E-state index in [1.165, 1.54) is 0 Å². The number of rotatable bonds is 4. The molecular weight excluding hydrogens is 176 g/mol. The minimum Gasteiger partial charge on any atom is -0.358 e. The van der Waals surface area contributed by atoms with E-state index in [1.54, 1.807) is 14.1 Å². The molecule has 1 aliphatic rings. The van der Waals surface area contributed by atoms with E-state index in [1.807, 2.05) is 12.2 Å². The number of nitrogens with zero attached hydrogens (tertiary/aromatic N) is 1. The molecule has 3 nitrogen and oxygen atoms in total. The van der Waals surface area contributed by atoms with Crippen LogP contribution in [-0.4, -0.2) is 25.7 Å². The molecular formula is C11H18N2O. The van der Waals surface area contributed by atoms with Crippen molar-refractivity contribution >= 4 is 11.6 Å². The van der Waals surface area contributed by atoms with Crippen molar-refractivity contribution in [3.05, 3.63) is 12.2 Å². The number of hydrogen-bond acceptors (Lipinski definition) is 2. The van der Waals surface area contributed by atoms with Gasteiger partial charge in [0.1, 0.15) is 0 Å². The maximum Gasteiger partial charge on any atom is 0.231 e. The van der Waals surface area contributed by atoms with Gasteiger partial charge < -0.3 is 5.32 Å². The molecule has 0 bridgehead atoms. The monoisotopic (exact) mass is 194 g/mol. The normalized spacial score (nSPS) is 19.8. The van der Waals surface area contributed by atoms with Crippen molar-refractivity contribution in [1.29, 1.82) is 0 Å². The summed E-state index contributed by atoms with van der Waals surface area (Å²) in [6.45, 7) is 2.07. The van der Waals surface area contributed by atoms with Gasteiger partial charge in [0.25, 0.3) is 0 Å². The second kappa shape index (κ2) is 4.40. The number of amides is 1. The highest BCUT2D eigenvalue weighted by Gasteiger charge is 2.52. The Morgan fingerprint density at radius 1 is 1.57 bits per heavy atom. The van der Waals surface area contributed by atoms with Gasteiger partial charge in [-0.15, -0.1) is 0 Å². The maximum atomic E-state index is 11.6. The topological polar surface area (TPSA) is 41.5 Å². The van der Waals surface area contributed by atoms with Crippen molar-refractivity contribution in [3.8, 4) is 0 Å². The minimum absolute atomic E-state index is 0.0962. The van der Waals surface area contributed by atoms with Crippen LogP contribution in [0, 0.1) is 5.41 Å². The second-order valence-corrected chi connectivity index (χ2v) is 3.58. The highest BCUT2D eigenvalue weighted by molar-refractivity contribution is 6.16. The lowest BCUT2D eigenvalue weighted by Gasteiger charge is -2.12. The third-order valence-corrected chi connectivity index (χ3v) is 2.65. The van der Waals surface area contributed by atoms with Crippen molar-refractivity contribution in [2.75, 3.05) is 14.1 Å². The van der Waals surface area contributed by atoms with Gasteiger partial charge in [0, 0.05) is 19.8 Å². The van der Waals surface area contributed by atoms with Crippen molar-refractivity contribution < 1.29 is 4.79 Å². The van der Waals surface area contributed by atoms with E-state index in [9.17, 15) is 4.79 Å². The fraction of sp³-hybridized carbons (Fsp3) is 0.636. The molecule has 0 aromatic heterocycles. The number of nitrogens with one attached hydrogen (secondary N) is 1. The summed E-state index contributed by atoms with van der Waals surface area (Å²) in [5.74, 6) is 0.0962. The average molecular weight is 194 g/mol. The Morgan fingerprint density at radius 2 is 2.21 bits per heavy atom. The second-order valence-electron chi connectivity index (χ2n) is 3.58. The Balaban J connectivity index is 2.80. The summed E-state index contributed by atoms with van der Waals surface area (Å²) < 4.78 is 0. The molecule has 1 amide bonds. The molecule has 0 radical (unpaired) electrons. The molecule has 3 heteroatoms. The Labute approximate surface area is 85.3 Å². The molecule has 1 fully saturated rings. The summed E-state index contributed by atoms with van der Waals surface area (Å²) in [4.78, 5) is 15.8. The number of allylic oxidation sites excluding steroid dienone is 2. The molecule has 0 spiro atoms. The fourth-order valence-corrected chi connectivity index (χ4v) is 1.64. The van der Waals surface area contributed by atoms with Crippen LogP contribution >= 0.6 is 0 Å². The van der Waals surface area contributed by atoms with Crippen LogP contribution in [0.3, 0.4) is 0 Å². The molecule has 1 N–H and O–H groups in total. The van der Waals surface area contributed by atoms with E-state index >= 15 is 0 Å². The van der Waals surface area contributed by atoms with Crippen LogP contribution in [0.1, 0.15) is 26.2 Å². The molecule has 1 aliphatic carbocycles. The smallest absolute Gasteiger partial charge is 0.231 e. The van der Waals surface area contributed by atoms with Crippen molar-refractivity contribution in [3.63, 3.8) is 0 Å². The van der Waals surface area contributed by atoms with E-state index in [4.69, 9.17) is 0 Å². The molecule has 78 valence electrons. The van der Waals surface area contributed by atoms with Crippen LogP contribution in [-0.2, 0) is 4.79 Å². The summed E-state index contributed by atoms with van der Waals surface area (Å²) in [6, 6.07) is 0. The molecule has 1 saturated carbocycles. The van der Waals surface area contributed by atoms with E-state index < -0.39 is 0 Å². The predicted molar refractivity (Wildman–Crippen MR) is 58.5 cm³/mol. The summed E-state index contributed by atoms with van der Waals surface area (Å²) in [5.41, 5.74) is 0.605. The zero-order chi connectivity index (χ0) is 10.6. The van der Waals surface area contributed by atoms with Crippen molar-refractivity contribution in [2.24, 2.45) is 10.4 Å². The van der Waals surface area contributed by atoms with Crippen molar-refractivity contribution in [1.82, 2.24) is 5.32 Å². The number of carbonyl (C=O) groups is 1. The molecule has 0 aromatic carbocycles. The lowest BCUT2D eigenvalue weighted by atomic mass is 9.98. The summed E-state index contributed by atoms with van der Waals surface area (Å²) in [6.07, 6.45) is 6.84. The van der Waals surface area contributed by atoms with E-state index in [-0.39, 0.29) is 11.3 Å². The standard InChI is InChI=1S/C11H18N2O/c1-4-5-6-9(12-2)11(7-8-11)10(14)13-3/h5-6H,4,7-8H2,1-3H3,(H,13,14)/b6-5-,12-9?. The summed E-state index contributed by atoms with van der Waals surface area (Å²) >= 11 is 0. The van der Waals surface area contributed by atoms with Gasteiger partial charge in [0.2, 0.25) is 5.91 Å². The average Bonchev–Trinajstić information content (AvgIpc) is 2.99. The first-order chi connectivity index (χ1) is 6.71. The molecule has 0 atom stereocenters. The molecule has 0 aliphatic heterocycles. The van der Waals surface area contributed by atoms with Gasteiger partial charge in [-0.2, -0.15) is 0 Å². The van der Waals surface area contributed by atoms with Crippen LogP contribution in [0.5, 0.6) is 0 Å². The third-order valence-electron chi connectivity index (χ3n) is 2.65. The van der Waals surface area contributed by atoms with Gasteiger partial charge in [-0.25, -0.2) is 0 Å². The highest BCUT2D eigenvalue weighted by atomic mass is 16.2. The Kier molecular flexibility index (Phi) is 3.44. The predicted octanol–water partition coefficient (Wildman–Crippen LogP) is 1.55. The van der Waals surface area contributed by atoms with Crippen LogP contribution in [0.2, 0.25) is 0 Å². The van der Waals surface area contributed by atoms with E-state index in [0.717, 1.165) is 25.0 Å². The molecule has 0 unspecified atom stereocenters. The van der Waals surface area contributed by atoms with Crippen LogP contribution in [0.15, 0.2) is 17.1 Å². The quantitative estimate of drug-likeness (QED) is 0.678. The SMILES string of the molecule is CC/C=C\C(=NC)C1(C(=O)NC)CC1. The highest BCUT2D eigenvalue weighted by Crippen LogP contribution is 2.47. The zero-order valence-electron chi connectivity index (χ0n) is 9.13. The van der Waals surface area contributed by atoms with Gasteiger partial charge in [0.15, 0.2) is 0 Å². The molecule has 1 rings (SSSR count). The Hall–Kier alpha value is -1.12. The Morgan fingerprint density at radius 3 is 2.57 bits per heavy atom. The third kappa shape index (κ3) is 1.86. The summed E-state index contributed by atoms with van der Waals surface area (Å²) in [5, 5.41) is 2.71. The van der Waals surface area contributed by atoms with Gasteiger partial charge in [-0.05, 0) is 25.3 Å². The molecule has 0 heterocycles. The van der Waals surface area contributed by atoms with Crippen LogP contribution in [0.4, 0.5) is 0 Å². The lowest BCUT2D eigenvalue weighted by Crippen LogP contribution is -2.34. The van der Waals surface area contributed by atoms with Gasteiger partial charge >= 0.3 is 0 Å². The zero-order valence-corrected chi connectivity index (χ0v) is 9.13. The fourth-order valence-electron chi connectivity index (χ4n) is 1.64. The lowest BCUT2D eigenvalue weighted by molar-refractivity contribution is -0.123. The molecule has 0 saturated heterocycles. The number of carbonyl (C=O) groups excluding carboxylic acids is 1. The van der Waals surface area contributed by atoms with Gasteiger partial charge in [-0.3, -0.25) is 9.79 Å². The first-order valence-corrected chi connectivity index (χ1v) is 5.07. The van der Waals surface area contributed by atoms with Crippen LogP contribution in [0.25, 0.3) is 0 Å². The number of hydrogen-bond donors (Lipinski definition) is 1. The first-order valence-electron chi connectivity index (χ1n) is 5.07. The van der Waals surface area contributed by atoms with Gasteiger partial charge in [-0.1, -0.05) is 13.0 Å². The largest absolute Gasteiger partial charge is 0.358 e. The Bertz CT molecular complexity index is 275. The van der Waals surface area contributed by atoms with E-state index in [0.29, 0.717) is 0 Å². The van der Waals surface area contributed by atoms with Crippen LogP contribution < -0.4 is 5.32 Å². The first kappa shape index (κ1) is 11.0. The molecule has 14 heavy (non-hydrogen) atoms. The van der Waals surface area contributed by atoms with Gasteiger partial charge in [0.05, 0.1) is 5.41 Å². The van der Waals surface area contributed by atoms with Crippen molar-refractivity contribution in [2.45, 2.75) is 26.2 Å². The van der Waals surface area contributed by atoms with E-state index in [2.05, 4.69) is 17.2 Å². The summed E-state index contributed by atoms with van der Waals surface area (Å²) in [7, 11) is 3.43. The minimum atomic E-state index is -0.310. The molecule has 0 aromatic rings. The maximum absolute atomic E-state index is 11.6.